The highest BCUT2D eigenvalue weighted by Crippen LogP contribution is 2.27. The molecule has 1 amide bonds. The number of amides is 1. The van der Waals surface area contributed by atoms with Crippen LogP contribution in [0.2, 0.25) is 0 Å². The zero-order valence-corrected chi connectivity index (χ0v) is 16.3. The quantitative estimate of drug-likeness (QED) is 0.831. The zero-order valence-electron chi connectivity index (χ0n) is 16.3. The standard InChI is InChI=1S/C19H26N6O2/c1-5-27-18-14(7-6-9-20-18)11-21-17-15-8-10-25(13(2)26)12-16(15)22-19(23-17)24(3)4/h6-7,9H,5,8,10-12H2,1-4H3,(H,21,22,23). The van der Waals surface area contributed by atoms with Gasteiger partial charge in [0.25, 0.3) is 0 Å². The van der Waals surface area contributed by atoms with E-state index < -0.39 is 0 Å². The van der Waals surface area contributed by atoms with Gasteiger partial charge in [-0.05, 0) is 19.4 Å². The number of pyridine rings is 1. The van der Waals surface area contributed by atoms with E-state index in [2.05, 4.69) is 20.3 Å². The van der Waals surface area contributed by atoms with Gasteiger partial charge in [0, 0.05) is 51.4 Å². The molecule has 0 saturated heterocycles. The highest BCUT2D eigenvalue weighted by atomic mass is 16.5. The first-order chi connectivity index (χ1) is 13.0. The maximum Gasteiger partial charge on any atom is 0.227 e. The fourth-order valence-corrected chi connectivity index (χ4v) is 3.04. The normalized spacial score (nSPS) is 13.1. The molecule has 2 aromatic rings. The number of fused-ring (bicyclic) bond motifs is 1. The fourth-order valence-electron chi connectivity index (χ4n) is 3.04. The van der Waals surface area contributed by atoms with Crippen molar-refractivity contribution in [3.8, 4) is 5.88 Å². The van der Waals surface area contributed by atoms with Crippen molar-refractivity contribution in [2.75, 3.05) is 37.5 Å². The minimum Gasteiger partial charge on any atom is -0.478 e. The third-order valence-corrected chi connectivity index (χ3v) is 4.48. The number of carbonyl (C=O) groups is 1. The number of ether oxygens (including phenoxy) is 1. The summed E-state index contributed by atoms with van der Waals surface area (Å²) in [6, 6.07) is 3.88. The number of nitrogens with zero attached hydrogens (tertiary/aromatic N) is 5. The lowest BCUT2D eigenvalue weighted by Crippen LogP contribution is -2.35. The number of anilines is 2. The Labute approximate surface area is 159 Å². The minimum absolute atomic E-state index is 0.0666. The van der Waals surface area contributed by atoms with Crippen LogP contribution >= 0.6 is 0 Å². The first kappa shape index (κ1) is 18.9. The summed E-state index contributed by atoms with van der Waals surface area (Å²) >= 11 is 0. The predicted molar refractivity (Wildman–Crippen MR) is 104 cm³/mol. The molecule has 0 spiro atoms. The average molecular weight is 370 g/mol. The molecule has 0 aromatic carbocycles. The summed E-state index contributed by atoms with van der Waals surface area (Å²) in [5, 5.41) is 3.43. The Bertz CT molecular complexity index is 824. The first-order valence-electron chi connectivity index (χ1n) is 9.12. The van der Waals surface area contributed by atoms with Crippen LogP contribution in [-0.4, -0.2) is 53.0 Å². The molecule has 3 rings (SSSR count). The molecule has 2 aromatic heterocycles. The lowest BCUT2D eigenvalue weighted by molar-refractivity contribution is -0.129. The number of carbonyl (C=O) groups excluding carboxylic acids is 1. The van der Waals surface area contributed by atoms with Crippen molar-refractivity contribution >= 4 is 17.7 Å². The van der Waals surface area contributed by atoms with Gasteiger partial charge in [0.2, 0.25) is 17.7 Å². The van der Waals surface area contributed by atoms with Crippen LogP contribution in [0.4, 0.5) is 11.8 Å². The number of nitrogens with one attached hydrogen (secondary N) is 1. The summed E-state index contributed by atoms with van der Waals surface area (Å²) in [6.45, 7) is 5.85. The molecule has 0 unspecified atom stereocenters. The lowest BCUT2D eigenvalue weighted by atomic mass is 10.1. The van der Waals surface area contributed by atoms with Crippen molar-refractivity contribution in [2.45, 2.75) is 33.4 Å². The molecule has 8 nitrogen and oxygen atoms in total. The van der Waals surface area contributed by atoms with Crippen molar-refractivity contribution in [2.24, 2.45) is 0 Å². The maximum atomic E-state index is 11.8. The molecule has 1 aliphatic rings. The molecule has 0 bridgehead atoms. The van der Waals surface area contributed by atoms with E-state index in [0.29, 0.717) is 38.1 Å². The fraction of sp³-hybridized carbons (Fsp3) is 0.474. The molecule has 0 atom stereocenters. The molecular formula is C19H26N6O2. The van der Waals surface area contributed by atoms with Gasteiger partial charge in [-0.3, -0.25) is 4.79 Å². The van der Waals surface area contributed by atoms with Gasteiger partial charge >= 0.3 is 0 Å². The van der Waals surface area contributed by atoms with E-state index in [9.17, 15) is 4.79 Å². The van der Waals surface area contributed by atoms with Crippen LogP contribution in [0.15, 0.2) is 18.3 Å². The maximum absolute atomic E-state index is 11.8. The van der Waals surface area contributed by atoms with Crippen LogP contribution in [-0.2, 0) is 24.3 Å². The Morgan fingerprint density at radius 2 is 2.19 bits per heavy atom. The molecule has 0 aliphatic carbocycles. The molecule has 1 aliphatic heterocycles. The summed E-state index contributed by atoms with van der Waals surface area (Å²) in [7, 11) is 3.82. The van der Waals surface area contributed by atoms with E-state index >= 15 is 0 Å². The molecule has 0 saturated carbocycles. The zero-order chi connectivity index (χ0) is 19.4. The van der Waals surface area contributed by atoms with Crippen molar-refractivity contribution in [1.82, 2.24) is 19.9 Å². The van der Waals surface area contributed by atoms with Crippen LogP contribution in [0.1, 0.15) is 30.7 Å². The van der Waals surface area contributed by atoms with Crippen molar-refractivity contribution in [3.05, 3.63) is 35.2 Å². The molecular weight excluding hydrogens is 344 g/mol. The van der Waals surface area contributed by atoms with Gasteiger partial charge in [-0.15, -0.1) is 0 Å². The lowest BCUT2D eigenvalue weighted by Gasteiger charge is -2.29. The minimum atomic E-state index is 0.0666. The highest BCUT2D eigenvalue weighted by molar-refractivity contribution is 5.73. The SMILES string of the molecule is CCOc1ncccc1CNc1nc(N(C)C)nc2c1CCN(C(C)=O)C2. The Morgan fingerprint density at radius 3 is 2.89 bits per heavy atom. The molecule has 144 valence electrons. The van der Waals surface area contributed by atoms with Gasteiger partial charge in [0.1, 0.15) is 5.82 Å². The summed E-state index contributed by atoms with van der Waals surface area (Å²) in [6.07, 6.45) is 2.46. The van der Waals surface area contributed by atoms with Gasteiger partial charge in [-0.1, -0.05) is 6.07 Å². The van der Waals surface area contributed by atoms with Crippen LogP contribution in [0.3, 0.4) is 0 Å². The smallest absolute Gasteiger partial charge is 0.227 e. The third kappa shape index (κ3) is 4.27. The second-order valence-electron chi connectivity index (χ2n) is 6.64. The van der Waals surface area contributed by atoms with E-state index in [1.165, 1.54) is 0 Å². The predicted octanol–water partition coefficient (Wildman–Crippen LogP) is 1.85. The second-order valence-corrected chi connectivity index (χ2v) is 6.64. The van der Waals surface area contributed by atoms with E-state index in [1.807, 2.05) is 43.0 Å². The van der Waals surface area contributed by atoms with E-state index in [4.69, 9.17) is 4.74 Å². The Morgan fingerprint density at radius 1 is 1.37 bits per heavy atom. The van der Waals surface area contributed by atoms with Gasteiger partial charge in [0.15, 0.2) is 0 Å². The molecule has 1 N–H and O–H groups in total. The van der Waals surface area contributed by atoms with Crippen LogP contribution in [0, 0.1) is 0 Å². The number of rotatable bonds is 6. The second kappa shape index (κ2) is 8.20. The van der Waals surface area contributed by atoms with E-state index in [-0.39, 0.29) is 5.91 Å². The molecule has 27 heavy (non-hydrogen) atoms. The largest absolute Gasteiger partial charge is 0.478 e. The highest BCUT2D eigenvalue weighted by Gasteiger charge is 2.24. The summed E-state index contributed by atoms with van der Waals surface area (Å²) in [5.41, 5.74) is 2.94. The molecule has 0 fully saturated rings. The van der Waals surface area contributed by atoms with Gasteiger partial charge in [-0.25, -0.2) is 9.97 Å². The van der Waals surface area contributed by atoms with Gasteiger partial charge in [0.05, 0.1) is 18.8 Å². The average Bonchev–Trinajstić information content (AvgIpc) is 2.66. The molecule has 0 radical (unpaired) electrons. The van der Waals surface area contributed by atoms with Gasteiger partial charge in [-0.2, -0.15) is 4.98 Å². The monoisotopic (exact) mass is 370 g/mol. The molecule has 8 heteroatoms. The Kier molecular flexibility index (Phi) is 5.73. The topological polar surface area (TPSA) is 83.5 Å². The van der Waals surface area contributed by atoms with Crippen LogP contribution < -0.4 is 15.0 Å². The Balaban J connectivity index is 1.88. The Hall–Kier alpha value is -2.90. The summed E-state index contributed by atoms with van der Waals surface area (Å²) in [5.74, 6) is 2.12. The van der Waals surface area contributed by atoms with Crippen LogP contribution in [0.5, 0.6) is 5.88 Å². The summed E-state index contributed by atoms with van der Waals surface area (Å²) < 4.78 is 5.60. The third-order valence-electron chi connectivity index (χ3n) is 4.48. The number of hydrogen-bond donors (Lipinski definition) is 1. The van der Waals surface area contributed by atoms with Crippen molar-refractivity contribution in [1.29, 1.82) is 0 Å². The van der Waals surface area contributed by atoms with Gasteiger partial charge < -0.3 is 19.9 Å². The number of hydrogen-bond acceptors (Lipinski definition) is 7. The van der Waals surface area contributed by atoms with Crippen molar-refractivity contribution in [3.63, 3.8) is 0 Å². The number of aromatic nitrogens is 3. The molecule has 3 heterocycles. The van der Waals surface area contributed by atoms with Crippen molar-refractivity contribution < 1.29 is 9.53 Å². The van der Waals surface area contributed by atoms with E-state index in [1.54, 1.807) is 13.1 Å². The first-order valence-corrected chi connectivity index (χ1v) is 9.12. The van der Waals surface area contributed by atoms with Crippen LogP contribution in [0.25, 0.3) is 0 Å². The van der Waals surface area contributed by atoms with E-state index in [0.717, 1.165) is 29.1 Å². The summed E-state index contributed by atoms with van der Waals surface area (Å²) in [4.78, 5) is 29.1.